The molecule has 1 amide bonds. The number of rotatable bonds is 7. The predicted octanol–water partition coefficient (Wildman–Crippen LogP) is 1.48. The summed E-state index contributed by atoms with van der Waals surface area (Å²) in [5.74, 6) is 0.609. The van der Waals surface area contributed by atoms with Crippen molar-refractivity contribution in [3.63, 3.8) is 0 Å². The number of carbonyl (C=O) groups is 1. The molecule has 0 saturated heterocycles. The van der Waals surface area contributed by atoms with E-state index < -0.39 is 6.04 Å². The van der Waals surface area contributed by atoms with Gasteiger partial charge < -0.3 is 36.5 Å². The van der Waals surface area contributed by atoms with Crippen LogP contribution in [0.2, 0.25) is 0 Å². The molecule has 9 N–H and O–H groups in total. The number of benzene rings is 2. The summed E-state index contributed by atoms with van der Waals surface area (Å²) < 4.78 is 12.1. The minimum absolute atomic E-state index is 0.0467. The summed E-state index contributed by atoms with van der Waals surface area (Å²) in [4.78, 5) is 23.6. The lowest BCUT2D eigenvalue weighted by Gasteiger charge is -2.29. The number of ether oxygens (including phenoxy) is 2. The molecule has 2 aliphatic heterocycles. The van der Waals surface area contributed by atoms with Crippen LogP contribution in [0.3, 0.4) is 0 Å². The Labute approximate surface area is 219 Å². The fraction of sp³-hybridized carbons (Fsp3) is 0.240. The molecule has 2 aliphatic rings. The van der Waals surface area contributed by atoms with E-state index in [0.717, 1.165) is 0 Å². The highest BCUT2D eigenvalue weighted by Gasteiger charge is 2.35. The van der Waals surface area contributed by atoms with Gasteiger partial charge in [-0.25, -0.2) is 0 Å². The SMILES string of the molecule is CC(C)C1N=C2NC(Oc3cccc(NC(=N)N)c3)=NC(Oc3ccc(C(=N)N)c(N(C)C)c3)=C2NC1=O. The lowest BCUT2D eigenvalue weighted by atomic mass is 10.0. The van der Waals surface area contributed by atoms with Gasteiger partial charge in [-0.3, -0.25) is 25.9 Å². The van der Waals surface area contributed by atoms with Gasteiger partial charge in [-0.05, 0) is 30.2 Å². The van der Waals surface area contributed by atoms with E-state index in [1.165, 1.54) is 0 Å². The number of hydrogen-bond acceptors (Lipinski definition) is 9. The Morgan fingerprint density at radius 1 is 1.08 bits per heavy atom. The number of fused-ring (bicyclic) bond motifs is 1. The fourth-order valence-electron chi connectivity index (χ4n) is 3.81. The Morgan fingerprint density at radius 2 is 1.82 bits per heavy atom. The molecule has 4 rings (SSSR count). The number of amides is 1. The van der Waals surface area contributed by atoms with Crippen molar-refractivity contribution in [1.82, 2.24) is 10.6 Å². The van der Waals surface area contributed by atoms with Gasteiger partial charge in [-0.15, -0.1) is 0 Å². The van der Waals surface area contributed by atoms with E-state index in [1.807, 2.05) is 32.8 Å². The van der Waals surface area contributed by atoms with Crippen molar-refractivity contribution >= 4 is 40.9 Å². The van der Waals surface area contributed by atoms with Crippen LogP contribution >= 0.6 is 0 Å². The molecule has 2 heterocycles. The lowest BCUT2D eigenvalue weighted by molar-refractivity contribution is -0.122. The number of aliphatic imine (C=N–C) groups is 2. The molecule has 13 nitrogen and oxygen atoms in total. The van der Waals surface area contributed by atoms with E-state index in [-0.39, 0.29) is 41.2 Å². The normalized spacial score (nSPS) is 16.4. The van der Waals surface area contributed by atoms with Gasteiger partial charge >= 0.3 is 6.02 Å². The number of nitrogens with one attached hydrogen (secondary N) is 5. The first kappa shape index (κ1) is 26.0. The summed E-state index contributed by atoms with van der Waals surface area (Å²) in [6.07, 6.45) is 0. The van der Waals surface area contributed by atoms with Gasteiger partial charge in [-0.2, -0.15) is 4.99 Å². The molecular formula is C25H30N10O3. The topological polar surface area (TPSA) is 199 Å². The van der Waals surface area contributed by atoms with Crippen LogP contribution < -0.4 is 41.8 Å². The first-order valence-corrected chi connectivity index (χ1v) is 11.7. The average molecular weight is 519 g/mol. The predicted molar refractivity (Wildman–Crippen MR) is 147 cm³/mol. The summed E-state index contributed by atoms with van der Waals surface area (Å²) in [7, 11) is 3.66. The monoisotopic (exact) mass is 518 g/mol. The third-order valence-electron chi connectivity index (χ3n) is 5.58. The molecule has 13 heteroatoms. The minimum Gasteiger partial charge on any atom is -0.437 e. The smallest absolute Gasteiger partial charge is 0.304 e. The highest BCUT2D eigenvalue weighted by molar-refractivity contribution is 6.14. The molecule has 1 unspecified atom stereocenters. The van der Waals surface area contributed by atoms with Gasteiger partial charge in [0, 0.05) is 37.5 Å². The van der Waals surface area contributed by atoms with E-state index in [0.29, 0.717) is 34.3 Å². The van der Waals surface area contributed by atoms with Crippen molar-refractivity contribution in [2.24, 2.45) is 27.4 Å². The van der Waals surface area contributed by atoms with Crippen molar-refractivity contribution in [3.8, 4) is 11.5 Å². The maximum absolute atomic E-state index is 12.8. The van der Waals surface area contributed by atoms with Gasteiger partial charge in [-0.1, -0.05) is 19.9 Å². The number of amidine groups is 3. The Bertz CT molecular complexity index is 1390. The summed E-state index contributed by atoms with van der Waals surface area (Å²) in [5, 5.41) is 23.9. The zero-order chi connectivity index (χ0) is 27.6. The number of nitrogen functional groups attached to an aromatic ring is 1. The maximum Gasteiger partial charge on any atom is 0.304 e. The molecule has 1 atom stereocenters. The molecule has 2 aromatic rings. The Kier molecular flexibility index (Phi) is 7.19. The van der Waals surface area contributed by atoms with Crippen molar-refractivity contribution in [3.05, 3.63) is 59.6 Å². The molecule has 2 aromatic carbocycles. The van der Waals surface area contributed by atoms with Crippen molar-refractivity contribution in [1.29, 1.82) is 10.8 Å². The van der Waals surface area contributed by atoms with E-state index in [9.17, 15) is 4.79 Å². The fourth-order valence-corrected chi connectivity index (χ4v) is 3.81. The number of anilines is 2. The van der Waals surface area contributed by atoms with E-state index in [4.69, 9.17) is 31.8 Å². The average Bonchev–Trinajstić information content (AvgIpc) is 2.83. The standard InChI is InChI=1S/C25H30N10O3/c1-12(2)18-22(36)32-19-21(31-18)33-25(38-14-7-5-6-13(10-14)30-24(28)29)34-23(19)37-15-8-9-16(20(26)27)17(11-15)35(3)4/h5-12,18H,1-4H3,(H3,26,27)(H,32,36)(H4,28,29,30)(H,31,33,34). The second kappa shape index (κ2) is 10.5. The highest BCUT2D eigenvalue weighted by atomic mass is 16.5. The first-order chi connectivity index (χ1) is 18.0. The summed E-state index contributed by atoms with van der Waals surface area (Å²) in [6, 6.07) is 11.3. The van der Waals surface area contributed by atoms with E-state index >= 15 is 0 Å². The first-order valence-electron chi connectivity index (χ1n) is 11.7. The molecule has 0 saturated carbocycles. The zero-order valence-electron chi connectivity index (χ0n) is 21.4. The van der Waals surface area contributed by atoms with Crippen LogP contribution in [-0.2, 0) is 4.79 Å². The van der Waals surface area contributed by atoms with Gasteiger partial charge in [0.1, 0.15) is 29.1 Å². The number of nitrogens with two attached hydrogens (primary N) is 2. The molecule has 0 aromatic heterocycles. The Balaban J connectivity index is 1.73. The third-order valence-corrected chi connectivity index (χ3v) is 5.58. The van der Waals surface area contributed by atoms with Gasteiger partial charge in [0.05, 0.1) is 5.69 Å². The highest BCUT2D eigenvalue weighted by Crippen LogP contribution is 2.28. The van der Waals surface area contributed by atoms with Crippen LogP contribution in [0.1, 0.15) is 19.4 Å². The molecule has 0 radical (unpaired) electrons. The van der Waals surface area contributed by atoms with Crippen LogP contribution in [0.5, 0.6) is 11.5 Å². The van der Waals surface area contributed by atoms with Crippen molar-refractivity contribution in [2.75, 3.05) is 24.3 Å². The Hall–Kier alpha value is -5.07. The minimum atomic E-state index is -0.611. The zero-order valence-corrected chi connectivity index (χ0v) is 21.4. The molecule has 0 spiro atoms. The van der Waals surface area contributed by atoms with Crippen LogP contribution in [0.15, 0.2) is 64.0 Å². The number of hydrogen-bond donors (Lipinski definition) is 7. The quantitative estimate of drug-likeness (QED) is 0.211. The lowest BCUT2D eigenvalue weighted by Crippen LogP contribution is -2.51. The largest absolute Gasteiger partial charge is 0.437 e. The van der Waals surface area contributed by atoms with Crippen molar-refractivity contribution < 1.29 is 14.3 Å². The number of carbonyl (C=O) groups excluding carboxylic acids is 1. The van der Waals surface area contributed by atoms with Gasteiger partial charge in [0.15, 0.2) is 11.8 Å². The molecule has 0 fully saturated rings. The Morgan fingerprint density at radius 3 is 2.47 bits per heavy atom. The van der Waals surface area contributed by atoms with Gasteiger partial charge in [0.25, 0.3) is 5.88 Å². The van der Waals surface area contributed by atoms with Crippen LogP contribution in [0.4, 0.5) is 11.4 Å². The van der Waals surface area contributed by atoms with Crippen molar-refractivity contribution in [2.45, 2.75) is 19.9 Å². The maximum atomic E-state index is 12.8. The second-order valence-electron chi connectivity index (χ2n) is 9.14. The van der Waals surface area contributed by atoms with Crippen LogP contribution in [-0.4, -0.2) is 49.7 Å². The van der Waals surface area contributed by atoms with E-state index in [1.54, 1.807) is 42.5 Å². The summed E-state index contributed by atoms with van der Waals surface area (Å²) >= 11 is 0. The van der Waals surface area contributed by atoms with Crippen LogP contribution in [0, 0.1) is 16.7 Å². The summed E-state index contributed by atoms with van der Waals surface area (Å²) in [6.45, 7) is 3.81. The molecule has 0 bridgehead atoms. The molecule has 38 heavy (non-hydrogen) atoms. The molecule has 198 valence electrons. The number of nitrogens with zero attached hydrogens (tertiary/aromatic N) is 3. The van der Waals surface area contributed by atoms with Gasteiger partial charge in [0.2, 0.25) is 5.91 Å². The second-order valence-corrected chi connectivity index (χ2v) is 9.14. The van der Waals surface area contributed by atoms with Crippen LogP contribution in [0.25, 0.3) is 0 Å². The summed E-state index contributed by atoms with van der Waals surface area (Å²) in [5.41, 5.74) is 13.2. The number of guanidine groups is 1. The molecular weight excluding hydrogens is 488 g/mol. The molecule has 0 aliphatic carbocycles. The van der Waals surface area contributed by atoms with E-state index in [2.05, 4.69) is 25.9 Å². The third kappa shape index (κ3) is 5.67.